The van der Waals surface area contributed by atoms with Gasteiger partial charge in [-0.05, 0) is 56.1 Å². The van der Waals surface area contributed by atoms with E-state index in [0.29, 0.717) is 14.0 Å². The molecule has 0 aliphatic carbocycles. The first-order valence-electron chi connectivity index (χ1n) is 4.75. The molecular weight excluding hydrogens is 370 g/mol. The molecule has 1 heterocycles. The number of halogens is 2. The van der Waals surface area contributed by atoms with E-state index in [1.54, 1.807) is 0 Å². The van der Waals surface area contributed by atoms with E-state index in [0.717, 1.165) is 0 Å². The molecule has 18 heavy (non-hydrogen) atoms. The van der Waals surface area contributed by atoms with Gasteiger partial charge < -0.3 is 9.52 Å². The van der Waals surface area contributed by atoms with Gasteiger partial charge >= 0.3 is 5.91 Å². The average molecular weight is 377 g/mol. The van der Waals surface area contributed by atoms with E-state index in [1.807, 2.05) is 0 Å². The molecule has 1 aromatic carbocycles. The Morgan fingerprint density at radius 2 is 1.83 bits per heavy atom. The summed E-state index contributed by atoms with van der Waals surface area (Å²) in [5.41, 5.74) is 0.220. The lowest BCUT2D eigenvalue weighted by molar-refractivity contribution is 0.0825. The van der Waals surface area contributed by atoms with E-state index < -0.39 is 5.91 Å². The zero-order valence-corrected chi connectivity index (χ0v) is 12.0. The van der Waals surface area contributed by atoms with E-state index in [4.69, 9.17) is 9.52 Å². The Balaban J connectivity index is 2.29. The standard InChI is InChI=1S/C11H7Br2NO4/c12-8-5-18-10(9(8)13)11(16)14(17)6-1-3-7(15)4-2-6/h1-5,15,17H. The lowest BCUT2D eigenvalue weighted by Gasteiger charge is -2.13. The van der Waals surface area contributed by atoms with Crippen LogP contribution in [0.5, 0.6) is 5.75 Å². The quantitative estimate of drug-likeness (QED) is 0.620. The second kappa shape index (κ2) is 5.13. The van der Waals surface area contributed by atoms with Gasteiger partial charge in [0.05, 0.1) is 14.6 Å². The molecule has 1 amide bonds. The summed E-state index contributed by atoms with van der Waals surface area (Å²) in [6, 6.07) is 5.52. The van der Waals surface area contributed by atoms with Gasteiger partial charge in [0.1, 0.15) is 12.0 Å². The van der Waals surface area contributed by atoms with Gasteiger partial charge in [0, 0.05) is 0 Å². The third-order valence-corrected chi connectivity index (χ3v) is 4.07. The maximum atomic E-state index is 11.9. The molecule has 0 spiro atoms. The first-order chi connectivity index (χ1) is 8.50. The number of carbonyl (C=O) groups excluding carboxylic acids is 1. The Labute approximate surface area is 119 Å². The second-order valence-electron chi connectivity index (χ2n) is 3.36. The molecule has 2 aromatic rings. The van der Waals surface area contributed by atoms with Crippen LogP contribution in [0.15, 0.2) is 43.9 Å². The van der Waals surface area contributed by atoms with Gasteiger partial charge in [0.2, 0.25) is 5.76 Å². The molecule has 0 saturated carbocycles. The molecule has 0 saturated heterocycles. The third-order valence-electron chi connectivity index (χ3n) is 2.17. The number of benzene rings is 1. The van der Waals surface area contributed by atoms with Crippen LogP contribution in [0.3, 0.4) is 0 Å². The molecule has 2 rings (SSSR count). The van der Waals surface area contributed by atoms with Gasteiger partial charge in [-0.15, -0.1) is 0 Å². The zero-order chi connectivity index (χ0) is 13.3. The number of carbonyl (C=O) groups is 1. The van der Waals surface area contributed by atoms with E-state index >= 15 is 0 Å². The van der Waals surface area contributed by atoms with Crippen LogP contribution < -0.4 is 5.06 Å². The summed E-state index contributed by atoms with van der Waals surface area (Å²) in [4.78, 5) is 11.9. The fraction of sp³-hybridized carbons (Fsp3) is 0. The predicted molar refractivity (Wildman–Crippen MR) is 70.8 cm³/mol. The lowest BCUT2D eigenvalue weighted by Crippen LogP contribution is -2.26. The van der Waals surface area contributed by atoms with Crippen LogP contribution in [0, 0.1) is 0 Å². The Bertz CT molecular complexity index is 579. The lowest BCUT2D eigenvalue weighted by atomic mass is 10.3. The van der Waals surface area contributed by atoms with Crippen molar-refractivity contribution in [3.8, 4) is 5.75 Å². The largest absolute Gasteiger partial charge is 0.508 e. The Morgan fingerprint density at radius 1 is 1.22 bits per heavy atom. The van der Waals surface area contributed by atoms with Crippen LogP contribution in [0.4, 0.5) is 5.69 Å². The summed E-state index contributed by atoms with van der Waals surface area (Å²) >= 11 is 6.34. The van der Waals surface area contributed by atoms with Crippen molar-refractivity contribution < 1.29 is 19.5 Å². The molecule has 0 atom stereocenters. The van der Waals surface area contributed by atoms with E-state index in [9.17, 15) is 10.0 Å². The van der Waals surface area contributed by atoms with Gasteiger partial charge in [-0.25, -0.2) is 0 Å². The number of hydroxylamine groups is 1. The van der Waals surface area contributed by atoms with E-state index in [1.165, 1.54) is 30.5 Å². The van der Waals surface area contributed by atoms with Gasteiger partial charge in [-0.1, -0.05) is 0 Å². The van der Waals surface area contributed by atoms with Crippen molar-refractivity contribution in [3.63, 3.8) is 0 Å². The fourth-order valence-corrected chi connectivity index (χ4v) is 1.90. The van der Waals surface area contributed by atoms with Crippen molar-refractivity contribution in [2.24, 2.45) is 0 Å². The summed E-state index contributed by atoms with van der Waals surface area (Å²) in [7, 11) is 0. The molecule has 7 heteroatoms. The minimum atomic E-state index is -0.724. The molecule has 0 fully saturated rings. The van der Waals surface area contributed by atoms with Crippen molar-refractivity contribution >= 4 is 43.5 Å². The number of amides is 1. The second-order valence-corrected chi connectivity index (χ2v) is 5.01. The normalized spacial score (nSPS) is 10.4. The maximum absolute atomic E-state index is 11.9. The molecule has 1 aromatic heterocycles. The fourth-order valence-electron chi connectivity index (χ4n) is 1.27. The van der Waals surface area contributed by atoms with Crippen LogP contribution >= 0.6 is 31.9 Å². The first-order valence-corrected chi connectivity index (χ1v) is 6.34. The Morgan fingerprint density at radius 3 is 2.33 bits per heavy atom. The highest BCUT2D eigenvalue weighted by Gasteiger charge is 2.23. The summed E-state index contributed by atoms with van der Waals surface area (Å²) in [5, 5.41) is 19.3. The molecule has 2 N–H and O–H groups in total. The summed E-state index contributed by atoms with van der Waals surface area (Å²) in [5.74, 6) is -0.711. The molecule has 94 valence electrons. The van der Waals surface area contributed by atoms with Crippen molar-refractivity contribution in [1.82, 2.24) is 0 Å². The molecule has 0 aliphatic heterocycles. The Kier molecular flexibility index (Phi) is 3.74. The molecule has 0 aliphatic rings. The van der Waals surface area contributed by atoms with Crippen LogP contribution in [0.2, 0.25) is 0 Å². The summed E-state index contributed by atoms with van der Waals surface area (Å²) in [6.07, 6.45) is 1.34. The smallest absolute Gasteiger partial charge is 0.318 e. The zero-order valence-electron chi connectivity index (χ0n) is 8.80. The highest BCUT2D eigenvalue weighted by molar-refractivity contribution is 9.13. The highest BCUT2D eigenvalue weighted by Crippen LogP contribution is 2.30. The highest BCUT2D eigenvalue weighted by atomic mass is 79.9. The van der Waals surface area contributed by atoms with Crippen molar-refractivity contribution in [1.29, 1.82) is 0 Å². The molecule has 0 unspecified atom stereocenters. The maximum Gasteiger partial charge on any atom is 0.318 e. The van der Waals surface area contributed by atoms with E-state index in [2.05, 4.69) is 31.9 Å². The topological polar surface area (TPSA) is 73.9 Å². The van der Waals surface area contributed by atoms with Crippen molar-refractivity contribution in [2.75, 3.05) is 5.06 Å². The van der Waals surface area contributed by atoms with Gasteiger partial charge in [-0.2, -0.15) is 5.06 Å². The number of hydrogen-bond acceptors (Lipinski definition) is 4. The Hall–Kier alpha value is -1.31. The first kappa shape index (κ1) is 13.1. The van der Waals surface area contributed by atoms with Crippen molar-refractivity contribution in [2.45, 2.75) is 0 Å². The third kappa shape index (κ3) is 2.43. The van der Waals surface area contributed by atoms with Gasteiger partial charge in [0.15, 0.2) is 0 Å². The number of aromatic hydroxyl groups is 1. The number of phenols is 1. The van der Waals surface area contributed by atoms with E-state index in [-0.39, 0.29) is 17.2 Å². The van der Waals surface area contributed by atoms with Crippen molar-refractivity contribution in [3.05, 3.63) is 45.2 Å². The summed E-state index contributed by atoms with van der Waals surface area (Å²) in [6.45, 7) is 0. The predicted octanol–water partition coefficient (Wildman–Crippen LogP) is 3.55. The molecule has 5 nitrogen and oxygen atoms in total. The monoisotopic (exact) mass is 375 g/mol. The number of phenolic OH excluding ortho intramolecular Hbond substituents is 1. The SMILES string of the molecule is O=C(c1occ(Br)c1Br)N(O)c1ccc(O)cc1. The molecule has 0 bridgehead atoms. The van der Waals surface area contributed by atoms with Crippen LogP contribution in [-0.2, 0) is 0 Å². The minimum absolute atomic E-state index is 0.0301. The molecular formula is C11H7Br2NO4. The number of anilines is 1. The molecule has 0 radical (unpaired) electrons. The van der Waals surface area contributed by atoms with Crippen LogP contribution in [-0.4, -0.2) is 16.2 Å². The van der Waals surface area contributed by atoms with Gasteiger partial charge in [0.25, 0.3) is 0 Å². The number of hydrogen-bond donors (Lipinski definition) is 2. The number of rotatable bonds is 2. The van der Waals surface area contributed by atoms with Gasteiger partial charge in [-0.3, -0.25) is 10.0 Å². The number of nitrogens with zero attached hydrogens (tertiary/aromatic N) is 1. The van der Waals surface area contributed by atoms with Crippen LogP contribution in [0.25, 0.3) is 0 Å². The van der Waals surface area contributed by atoms with Crippen LogP contribution in [0.1, 0.15) is 10.6 Å². The average Bonchev–Trinajstić information content (AvgIpc) is 2.69. The summed E-state index contributed by atoms with van der Waals surface area (Å²) < 4.78 is 6.02. The minimum Gasteiger partial charge on any atom is -0.508 e. The number of furan rings is 1.